The summed E-state index contributed by atoms with van der Waals surface area (Å²) in [5, 5.41) is 0. The van der Waals surface area contributed by atoms with E-state index in [9.17, 15) is 4.79 Å². The summed E-state index contributed by atoms with van der Waals surface area (Å²) in [6.45, 7) is 8.93. The van der Waals surface area contributed by atoms with Crippen molar-refractivity contribution in [2.24, 2.45) is 17.8 Å². The standard InChI is InChI=1S/C15H26O2/c1-5-12(3)15(16)17-10-13(4)14-8-6-11(2)7-9-14/h6,12-14H,5,7-10H2,1-4H3/t12?,13?,14-/m0/s1. The van der Waals surface area contributed by atoms with E-state index in [1.165, 1.54) is 18.4 Å². The number of hydrogen-bond donors (Lipinski definition) is 0. The van der Waals surface area contributed by atoms with Crippen LogP contribution in [0.3, 0.4) is 0 Å². The average Bonchev–Trinajstić information content (AvgIpc) is 2.35. The van der Waals surface area contributed by atoms with E-state index < -0.39 is 0 Å². The Balaban J connectivity index is 2.30. The first-order valence-electron chi connectivity index (χ1n) is 6.86. The molecule has 0 bridgehead atoms. The zero-order valence-electron chi connectivity index (χ0n) is 11.7. The SMILES string of the molecule is CCC(C)C(=O)OCC(C)[C@H]1CC=C(C)CC1. The Bertz CT molecular complexity index is 281. The van der Waals surface area contributed by atoms with Crippen LogP contribution in [0, 0.1) is 17.8 Å². The van der Waals surface area contributed by atoms with E-state index in [1.807, 2.05) is 13.8 Å². The maximum Gasteiger partial charge on any atom is 0.308 e. The molecule has 1 aliphatic rings. The molecule has 0 N–H and O–H groups in total. The predicted octanol–water partition coefficient (Wildman–Crippen LogP) is 3.96. The van der Waals surface area contributed by atoms with Crippen molar-refractivity contribution in [3.63, 3.8) is 0 Å². The summed E-state index contributed by atoms with van der Waals surface area (Å²) in [6, 6.07) is 0. The normalized spacial score (nSPS) is 23.8. The molecule has 0 aromatic carbocycles. The van der Waals surface area contributed by atoms with Gasteiger partial charge in [-0.3, -0.25) is 4.79 Å². The van der Waals surface area contributed by atoms with Crippen molar-refractivity contribution in [3.8, 4) is 0 Å². The van der Waals surface area contributed by atoms with Crippen LogP contribution in [0.1, 0.15) is 53.4 Å². The third-order valence-electron chi connectivity index (χ3n) is 3.99. The van der Waals surface area contributed by atoms with Crippen molar-refractivity contribution in [2.45, 2.75) is 53.4 Å². The van der Waals surface area contributed by atoms with Crippen LogP contribution in [-0.4, -0.2) is 12.6 Å². The van der Waals surface area contributed by atoms with Crippen molar-refractivity contribution in [2.75, 3.05) is 6.61 Å². The van der Waals surface area contributed by atoms with E-state index in [4.69, 9.17) is 4.74 Å². The highest BCUT2D eigenvalue weighted by atomic mass is 16.5. The fourth-order valence-electron chi connectivity index (χ4n) is 2.16. The van der Waals surface area contributed by atoms with Crippen LogP contribution in [0.25, 0.3) is 0 Å². The number of allylic oxidation sites excluding steroid dienone is 2. The molecule has 0 saturated heterocycles. The third-order valence-corrected chi connectivity index (χ3v) is 3.99. The van der Waals surface area contributed by atoms with Crippen LogP contribution in [0.5, 0.6) is 0 Å². The summed E-state index contributed by atoms with van der Waals surface area (Å²) in [5.41, 5.74) is 1.50. The van der Waals surface area contributed by atoms with Gasteiger partial charge < -0.3 is 4.74 Å². The van der Waals surface area contributed by atoms with Gasteiger partial charge in [0.1, 0.15) is 0 Å². The lowest BCUT2D eigenvalue weighted by Crippen LogP contribution is -2.23. The van der Waals surface area contributed by atoms with Crippen LogP contribution in [0.15, 0.2) is 11.6 Å². The van der Waals surface area contributed by atoms with E-state index >= 15 is 0 Å². The van der Waals surface area contributed by atoms with Crippen LogP contribution >= 0.6 is 0 Å². The molecule has 0 heterocycles. The Labute approximate surface area is 105 Å². The summed E-state index contributed by atoms with van der Waals surface area (Å²) in [6.07, 6.45) is 6.78. The zero-order valence-corrected chi connectivity index (χ0v) is 11.7. The number of carbonyl (C=O) groups excluding carboxylic acids is 1. The van der Waals surface area contributed by atoms with Gasteiger partial charge in [0.15, 0.2) is 0 Å². The molecule has 17 heavy (non-hydrogen) atoms. The largest absolute Gasteiger partial charge is 0.465 e. The minimum Gasteiger partial charge on any atom is -0.465 e. The van der Waals surface area contributed by atoms with Crippen molar-refractivity contribution in [3.05, 3.63) is 11.6 Å². The lowest BCUT2D eigenvalue weighted by atomic mass is 9.82. The van der Waals surface area contributed by atoms with E-state index in [0.717, 1.165) is 12.8 Å². The molecule has 1 aliphatic carbocycles. The molecule has 0 spiro atoms. The summed E-state index contributed by atoms with van der Waals surface area (Å²) < 4.78 is 5.38. The number of ether oxygens (including phenoxy) is 1. The molecule has 0 saturated carbocycles. The predicted molar refractivity (Wildman–Crippen MR) is 70.7 cm³/mol. The van der Waals surface area contributed by atoms with Gasteiger partial charge in [-0.05, 0) is 44.4 Å². The second-order valence-electron chi connectivity index (χ2n) is 5.50. The van der Waals surface area contributed by atoms with Gasteiger partial charge in [-0.25, -0.2) is 0 Å². The van der Waals surface area contributed by atoms with Crippen molar-refractivity contribution >= 4 is 5.97 Å². The van der Waals surface area contributed by atoms with Gasteiger partial charge in [0.05, 0.1) is 12.5 Å². The Morgan fingerprint density at radius 2 is 2.24 bits per heavy atom. The molecule has 0 aromatic rings. The minimum atomic E-state index is -0.0399. The van der Waals surface area contributed by atoms with Crippen molar-refractivity contribution in [1.82, 2.24) is 0 Å². The van der Waals surface area contributed by atoms with Gasteiger partial charge in [0.25, 0.3) is 0 Å². The molecule has 2 unspecified atom stereocenters. The molecule has 1 rings (SSSR count). The topological polar surface area (TPSA) is 26.3 Å². The Kier molecular flexibility index (Phi) is 5.73. The van der Waals surface area contributed by atoms with Crippen LogP contribution in [0.4, 0.5) is 0 Å². The van der Waals surface area contributed by atoms with Gasteiger partial charge in [0.2, 0.25) is 0 Å². The quantitative estimate of drug-likeness (QED) is 0.535. The Hall–Kier alpha value is -0.790. The molecule has 0 fully saturated rings. The van der Waals surface area contributed by atoms with E-state index in [2.05, 4.69) is 19.9 Å². The molecule has 2 nitrogen and oxygen atoms in total. The third kappa shape index (κ3) is 4.53. The first-order valence-corrected chi connectivity index (χ1v) is 6.86. The van der Waals surface area contributed by atoms with E-state index in [1.54, 1.807) is 0 Å². The molecule has 98 valence electrons. The number of rotatable bonds is 5. The second kappa shape index (κ2) is 6.83. The number of esters is 1. The Morgan fingerprint density at radius 1 is 1.53 bits per heavy atom. The van der Waals surface area contributed by atoms with E-state index in [-0.39, 0.29) is 11.9 Å². The summed E-state index contributed by atoms with van der Waals surface area (Å²) in [4.78, 5) is 11.6. The molecule has 3 atom stereocenters. The highest BCUT2D eigenvalue weighted by Gasteiger charge is 2.21. The first kappa shape index (κ1) is 14.3. The van der Waals surface area contributed by atoms with Gasteiger partial charge in [-0.2, -0.15) is 0 Å². The monoisotopic (exact) mass is 238 g/mol. The van der Waals surface area contributed by atoms with Gasteiger partial charge in [-0.1, -0.05) is 32.4 Å². The lowest BCUT2D eigenvalue weighted by molar-refractivity contribution is -0.149. The fraction of sp³-hybridized carbons (Fsp3) is 0.800. The minimum absolute atomic E-state index is 0.0377. The van der Waals surface area contributed by atoms with Gasteiger partial charge in [-0.15, -0.1) is 0 Å². The van der Waals surface area contributed by atoms with E-state index in [0.29, 0.717) is 18.4 Å². The zero-order chi connectivity index (χ0) is 12.8. The molecule has 0 aromatic heterocycles. The average molecular weight is 238 g/mol. The Morgan fingerprint density at radius 3 is 2.76 bits per heavy atom. The van der Waals surface area contributed by atoms with Crippen LogP contribution < -0.4 is 0 Å². The maximum atomic E-state index is 11.6. The summed E-state index contributed by atoms with van der Waals surface area (Å²) in [5.74, 6) is 1.16. The molecule has 0 radical (unpaired) electrons. The van der Waals surface area contributed by atoms with Crippen LogP contribution in [0.2, 0.25) is 0 Å². The molecule has 0 aliphatic heterocycles. The number of hydrogen-bond acceptors (Lipinski definition) is 2. The second-order valence-corrected chi connectivity index (χ2v) is 5.50. The highest BCUT2D eigenvalue weighted by Crippen LogP contribution is 2.29. The maximum absolute atomic E-state index is 11.6. The fourth-order valence-corrected chi connectivity index (χ4v) is 2.16. The van der Waals surface area contributed by atoms with Gasteiger partial charge in [0, 0.05) is 0 Å². The molecular formula is C15H26O2. The molecule has 2 heteroatoms. The summed E-state index contributed by atoms with van der Waals surface area (Å²) in [7, 11) is 0. The lowest BCUT2D eigenvalue weighted by Gasteiger charge is -2.26. The molecular weight excluding hydrogens is 212 g/mol. The van der Waals surface area contributed by atoms with Crippen LogP contribution in [-0.2, 0) is 9.53 Å². The van der Waals surface area contributed by atoms with Crippen molar-refractivity contribution in [1.29, 1.82) is 0 Å². The number of carbonyl (C=O) groups is 1. The smallest absolute Gasteiger partial charge is 0.308 e. The highest BCUT2D eigenvalue weighted by molar-refractivity contribution is 5.71. The van der Waals surface area contributed by atoms with Gasteiger partial charge >= 0.3 is 5.97 Å². The molecule has 0 amide bonds. The first-order chi connectivity index (χ1) is 8.04. The summed E-state index contributed by atoms with van der Waals surface area (Å²) >= 11 is 0. The van der Waals surface area contributed by atoms with Crippen molar-refractivity contribution < 1.29 is 9.53 Å².